The molecule has 0 aliphatic carbocycles. The van der Waals surface area contributed by atoms with E-state index in [2.05, 4.69) is 10.1 Å². The molecule has 2 heterocycles. The molecule has 3 aromatic rings. The summed E-state index contributed by atoms with van der Waals surface area (Å²) >= 11 is 0. The van der Waals surface area contributed by atoms with Crippen LogP contribution >= 0.6 is 0 Å². The minimum Gasteiger partial charge on any atom is -0.496 e. The summed E-state index contributed by atoms with van der Waals surface area (Å²) in [5, 5.41) is 4.45. The molecule has 1 aromatic carbocycles. The van der Waals surface area contributed by atoms with Gasteiger partial charge in [-0.05, 0) is 39.0 Å². The molecule has 0 aliphatic heterocycles. The number of nitrogens with zero attached hydrogens (tertiary/aromatic N) is 4. The number of hydrogen-bond donors (Lipinski definition) is 0. The van der Waals surface area contributed by atoms with Crippen LogP contribution in [0.3, 0.4) is 0 Å². The van der Waals surface area contributed by atoms with Crippen molar-refractivity contribution in [1.82, 2.24) is 19.3 Å². The van der Waals surface area contributed by atoms with Gasteiger partial charge in [0.25, 0.3) is 0 Å². The standard InChI is InChI=1S/C18H20F2N4O/c1-11-9-12(2)24(22-11)10-13(3)23-8-7-21-18(23)16-15(25-4)6-5-14(19)17(16)20/h5-9,13H,10H2,1-4H3/t13-/m0/s1. The molecule has 0 bridgehead atoms. The van der Waals surface area contributed by atoms with E-state index >= 15 is 0 Å². The van der Waals surface area contributed by atoms with E-state index in [1.807, 2.05) is 31.5 Å². The average molecular weight is 346 g/mol. The highest BCUT2D eigenvalue weighted by molar-refractivity contribution is 5.65. The maximum absolute atomic E-state index is 14.4. The Bertz CT molecular complexity index is 901. The third kappa shape index (κ3) is 3.14. The number of halogens is 2. The van der Waals surface area contributed by atoms with Crippen LogP contribution in [0.5, 0.6) is 5.75 Å². The summed E-state index contributed by atoms with van der Waals surface area (Å²) in [6.45, 7) is 6.48. The Morgan fingerprint density at radius 1 is 1.24 bits per heavy atom. The molecule has 0 fully saturated rings. The van der Waals surface area contributed by atoms with Gasteiger partial charge in [-0.1, -0.05) is 0 Å². The largest absolute Gasteiger partial charge is 0.496 e. The van der Waals surface area contributed by atoms with Crippen LogP contribution in [0.15, 0.2) is 30.6 Å². The monoisotopic (exact) mass is 346 g/mol. The Kier molecular flexibility index (Phi) is 4.57. The van der Waals surface area contributed by atoms with Gasteiger partial charge in [0, 0.05) is 18.1 Å². The van der Waals surface area contributed by atoms with Gasteiger partial charge in [0.15, 0.2) is 11.6 Å². The van der Waals surface area contributed by atoms with Crippen LogP contribution in [0.25, 0.3) is 11.4 Å². The van der Waals surface area contributed by atoms with Crippen molar-refractivity contribution in [2.24, 2.45) is 0 Å². The summed E-state index contributed by atoms with van der Waals surface area (Å²) in [6.07, 6.45) is 3.31. The van der Waals surface area contributed by atoms with Gasteiger partial charge in [-0.3, -0.25) is 4.68 Å². The molecule has 2 aromatic heterocycles. The number of imidazole rings is 1. The van der Waals surface area contributed by atoms with Gasteiger partial charge in [-0.2, -0.15) is 5.10 Å². The van der Waals surface area contributed by atoms with Crippen molar-refractivity contribution >= 4 is 0 Å². The average Bonchev–Trinajstić information content (AvgIpc) is 3.16. The fraction of sp³-hybridized carbons (Fsp3) is 0.333. The molecule has 0 N–H and O–H groups in total. The molecule has 5 nitrogen and oxygen atoms in total. The van der Waals surface area contributed by atoms with Gasteiger partial charge in [-0.25, -0.2) is 13.8 Å². The zero-order valence-electron chi connectivity index (χ0n) is 14.6. The summed E-state index contributed by atoms with van der Waals surface area (Å²) in [7, 11) is 1.42. The quantitative estimate of drug-likeness (QED) is 0.703. The van der Waals surface area contributed by atoms with E-state index in [4.69, 9.17) is 4.74 Å². The number of methoxy groups -OCH3 is 1. The van der Waals surface area contributed by atoms with Crippen LogP contribution in [0.4, 0.5) is 8.78 Å². The Morgan fingerprint density at radius 2 is 2.00 bits per heavy atom. The molecule has 3 rings (SSSR count). The number of benzene rings is 1. The Morgan fingerprint density at radius 3 is 2.64 bits per heavy atom. The Balaban J connectivity index is 2.01. The highest BCUT2D eigenvalue weighted by Gasteiger charge is 2.22. The molecule has 0 spiro atoms. The molecule has 0 unspecified atom stereocenters. The molecule has 7 heteroatoms. The van der Waals surface area contributed by atoms with Crippen LogP contribution in [-0.4, -0.2) is 26.4 Å². The normalized spacial score (nSPS) is 12.4. The first-order valence-corrected chi connectivity index (χ1v) is 7.98. The molecule has 0 saturated heterocycles. The summed E-state index contributed by atoms with van der Waals surface area (Å²) < 4.78 is 37.1. The predicted octanol–water partition coefficient (Wildman–Crippen LogP) is 3.91. The number of aromatic nitrogens is 4. The molecule has 25 heavy (non-hydrogen) atoms. The van der Waals surface area contributed by atoms with Crippen molar-refractivity contribution in [1.29, 1.82) is 0 Å². The fourth-order valence-corrected chi connectivity index (χ4v) is 2.97. The third-order valence-corrected chi connectivity index (χ3v) is 4.18. The van der Waals surface area contributed by atoms with Gasteiger partial charge in [0.05, 0.1) is 31.0 Å². The lowest BCUT2D eigenvalue weighted by atomic mass is 10.1. The fourth-order valence-electron chi connectivity index (χ4n) is 2.97. The Labute approximate surface area is 144 Å². The van der Waals surface area contributed by atoms with Crippen molar-refractivity contribution in [2.75, 3.05) is 7.11 Å². The van der Waals surface area contributed by atoms with E-state index in [0.717, 1.165) is 17.5 Å². The summed E-state index contributed by atoms with van der Waals surface area (Å²) in [6, 6.07) is 4.38. The zero-order valence-corrected chi connectivity index (χ0v) is 14.6. The van der Waals surface area contributed by atoms with E-state index in [0.29, 0.717) is 12.4 Å². The van der Waals surface area contributed by atoms with Crippen molar-refractivity contribution in [3.05, 3.63) is 53.6 Å². The Hall–Kier alpha value is -2.70. The van der Waals surface area contributed by atoms with E-state index in [9.17, 15) is 8.78 Å². The van der Waals surface area contributed by atoms with E-state index in [-0.39, 0.29) is 17.4 Å². The highest BCUT2D eigenvalue weighted by Crippen LogP contribution is 2.34. The second kappa shape index (κ2) is 6.66. The van der Waals surface area contributed by atoms with Crippen LogP contribution in [0.1, 0.15) is 24.4 Å². The molecule has 0 saturated carbocycles. The van der Waals surface area contributed by atoms with Crippen molar-refractivity contribution < 1.29 is 13.5 Å². The topological polar surface area (TPSA) is 44.9 Å². The number of rotatable bonds is 5. The van der Waals surface area contributed by atoms with Gasteiger partial charge in [0.1, 0.15) is 11.6 Å². The predicted molar refractivity (Wildman–Crippen MR) is 90.5 cm³/mol. The second-order valence-corrected chi connectivity index (χ2v) is 6.05. The maximum atomic E-state index is 14.4. The zero-order chi connectivity index (χ0) is 18.1. The van der Waals surface area contributed by atoms with Gasteiger partial charge in [0.2, 0.25) is 0 Å². The molecule has 132 valence electrons. The first kappa shape index (κ1) is 17.1. The molecule has 1 atom stereocenters. The van der Waals surface area contributed by atoms with Crippen molar-refractivity contribution in [2.45, 2.75) is 33.4 Å². The van der Waals surface area contributed by atoms with Crippen molar-refractivity contribution in [3.63, 3.8) is 0 Å². The van der Waals surface area contributed by atoms with E-state index in [1.165, 1.54) is 13.2 Å². The molecule has 0 aliphatic rings. The summed E-state index contributed by atoms with van der Waals surface area (Å²) in [4.78, 5) is 4.23. The highest BCUT2D eigenvalue weighted by atomic mass is 19.2. The second-order valence-electron chi connectivity index (χ2n) is 6.05. The van der Waals surface area contributed by atoms with Gasteiger partial charge >= 0.3 is 0 Å². The first-order valence-electron chi connectivity index (χ1n) is 7.98. The summed E-state index contributed by atoms with van der Waals surface area (Å²) in [5.41, 5.74) is 2.00. The number of ether oxygens (including phenoxy) is 1. The summed E-state index contributed by atoms with van der Waals surface area (Å²) in [5.74, 6) is -1.34. The number of aryl methyl sites for hydroxylation is 2. The lowest BCUT2D eigenvalue weighted by Gasteiger charge is -2.19. The lowest BCUT2D eigenvalue weighted by molar-refractivity contribution is 0.404. The van der Waals surface area contributed by atoms with Gasteiger partial charge in [-0.15, -0.1) is 0 Å². The minimum atomic E-state index is -0.967. The lowest BCUT2D eigenvalue weighted by Crippen LogP contribution is -2.16. The SMILES string of the molecule is COc1ccc(F)c(F)c1-c1nccn1[C@@H](C)Cn1nc(C)cc1C. The van der Waals surface area contributed by atoms with Crippen LogP contribution < -0.4 is 4.74 Å². The van der Waals surface area contributed by atoms with Crippen LogP contribution in [0.2, 0.25) is 0 Å². The van der Waals surface area contributed by atoms with E-state index in [1.54, 1.807) is 17.0 Å². The minimum absolute atomic E-state index is 0.0210. The third-order valence-electron chi connectivity index (χ3n) is 4.18. The molecule has 0 amide bonds. The molecule has 0 radical (unpaired) electrons. The molecular formula is C18H20F2N4O. The van der Waals surface area contributed by atoms with Crippen molar-refractivity contribution in [3.8, 4) is 17.1 Å². The molecular weight excluding hydrogens is 326 g/mol. The van der Waals surface area contributed by atoms with Crippen LogP contribution in [0, 0.1) is 25.5 Å². The van der Waals surface area contributed by atoms with E-state index < -0.39 is 11.6 Å². The number of hydrogen-bond acceptors (Lipinski definition) is 3. The maximum Gasteiger partial charge on any atom is 0.173 e. The van der Waals surface area contributed by atoms with Crippen LogP contribution in [-0.2, 0) is 6.54 Å². The smallest absolute Gasteiger partial charge is 0.173 e. The van der Waals surface area contributed by atoms with Gasteiger partial charge < -0.3 is 9.30 Å². The first-order chi connectivity index (χ1) is 11.9.